The van der Waals surface area contributed by atoms with E-state index < -0.39 is 17.7 Å². The van der Waals surface area contributed by atoms with Crippen LogP contribution in [-0.4, -0.2) is 61.9 Å². The fourth-order valence-electron chi connectivity index (χ4n) is 3.95. The van der Waals surface area contributed by atoms with Gasteiger partial charge in [0.25, 0.3) is 0 Å². The highest BCUT2D eigenvalue weighted by Crippen LogP contribution is 2.28. The summed E-state index contributed by atoms with van der Waals surface area (Å²) in [6.07, 6.45) is 1.44. The molecule has 1 atom stereocenters. The summed E-state index contributed by atoms with van der Waals surface area (Å²) in [6.45, 7) is 6.18. The summed E-state index contributed by atoms with van der Waals surface area (Å²) < 4.78 is 13.2. The maximum absolute atomic E-state index is 13.6. The number of aromatic nitrogens is 4. The van der Waals surface area contributed by atoms with Crippen LogP contribution in [0.1, 0.15) is 43.6 Å². The molecule has 0 radical (unpaired) electrons. The first-order valence-corrected chi connectivity index (χ1v) is 10.5. The van der Waals surface area contributed by atoms with Crippen LogP contribution < -0.4 is 11.4 Å². The van der Waals surface area contributed by atoms with Crippen molar-refractivity contribution in [1.29, 1.82) is 0 Å². The molecule has 2 aromatic heterocycles. The maximum Gasteiger partial charge on any atom is 0.410 e. The van der Waals surface area contributed by atoms with Crippen molar-refractivity contribution < 1.29 is 19.1 Å². The number of benzene rings is 1. The molecule has 0 saturated carbocycles. The zero-order chi connectivity index (χ0) is 23.9. The zero-order valence-corrected chi connectivity index (χ0v) is 18.9. The number of esters is 1. The van der Waals surface area contributed by atoms with Crippen molar-refractivity contribution in [3.05, 3.63) is 46.6 Å². The molecule has 11 nitrogen and oxygen atoms in total. The third-order valence-corrected chi connectivity index (χ3v) is 5.41. The number of carbonyl (C=O) groups is 2. The van der Waals surface area contributed by atoms with Gasteiger partial charge in [0.15, 0.2) is 11.5 Å². The number of likely N-dealkylation sites (tertiary alicyclic amines) is 1. The fraction of sp³-hybridized carbons (Fsp3) is 0.409. The smallest absolute Gasteiger partial charge is 0.410 e. The Balaban J connectivity index is 1.75. The first-order chi connectivity index (χ1) is 15.6. The Morgan fingerprint density at radius 1 is 1.15 bits per heavy atom. The van der Waals surface area contributed by atoms with Crippen molar-refractivity contribution in [2.75, 3.05) is 25.9 Å². The van der Waals surface area contributed by atoms with Gasteiger partial charge in [-0.15, -0.1) is 0 Å². The second kappa shape index (κ2) is 8.23. The van der Waals surface area contributed by atoms with Gasteiger partial charge in [-0.2, -0.15) is 0 Å². The van der Waals surface area contributed by atoms with Crippen LogP contribution in [-0.2, 0) is 9.47 Å². The molecule has 11 heteroatoms. The molecule has 1 unspecified atom stereocenters. The molecule has 0 aliphatic carbocycles. The van der Waals surface area contributed by atoms with E-state index in [4.69, 9.17) is 15.2 Å². The summed E-state index contributed by atoms with van der Waals surface area (Å²) in [5, 5.41) is 0. The van der Waals surface area contributed by atoms with Crippen LogP contribution in [0.2, 0.25) is 0 Å². The van der Waals surface area contributed by atoms with E-state index in [-0.39, 0.29) is 17.5 Å². The standard InChI is InChI=1S/C22H26N6O5/c1-22(2,3)33-21(31)26-10-9-15(11-26)28-18-16(17(23)24-12-25-18)27(20(28)30)14-7-5-13(6-8-14)19(29)32-4/h5-8,12,15H,9-11H2,1-4H3,(H2,23,24,25). The first-order valence-electron chi connectivity index (χ1n) is 10.5. The van der Waals surface area contributed by atoms with Gasteiger partial charge in [-0.05, 0) is 51.5 Å². The lowest BCUT2D eigenvalue weighted by molar-refractivity contribution is 0.0288. The zero-order valence-electron chi connectivity index (χ0n) is 18.9. The van der Waals surface area contributed by atoms with Gasteiger partial charge >= 0.3 is 17.8 Å². The normalized spacial score (nSPS) is 16.2. The lowest BCUT2D eigenvalue weighted by atomic mass is 10.2. The van der Waals surface area contributed by atoms with Crippen LogP contribution in [0, 0.1) is 0 Å². The summed E-state index contributed by atoms with van der Waals surface area (Å²) >= 11 is 0. The SMILES string of the molecule is COC(=O)c1ccc(-n2c(=O)n(C3CCN(C(=O)OC(C)(C)C)C3)c3ncnc(N)c32)cc1. The predicted molar refractivity (Wildman–Crippen MR) is 120 cm³/mol. The molecule has 3 aromatic rings. The van der Waals surface area contributed by atoms with E-state index in [1.807, 2.05) is 20.8 Å². The Labute approximate surface area is 189 Å². The van der Waals surface area contributed by atoms with E-state index in [1.165, 1.54) is 18.0 Å². The third-order valence-electron chi connectivity index (χ3n) is 5.41. The van der Waals surface area contributed by atoms with Crippen molar-refractivity contribution in [2.45, 2.75) is 38.8 Å². The molecule has 1 fully saturated rings. The molecule has 1 aliphatic rings. The van der Waals surface area contributed by atoms with Crippen LogP contribution in [0.25, 0.3) is 16.9 Å². The molecule has 1 amide bonds. The number of anilines is 1. The monoisotopic (exact) mass is 454 g/mol. The highest BCUT2D eigenvalue weighted by Gasteiger charge is 2.34. The third kappa shape index (κ3) is 4.13. The molecule has 0 spiro atoms. The molecule has 1 aliphatic heterocycles. The number of hydrogen-bond acceptors (Lipinski definition) is 8. The number of imidazole rings is 1. The summed E-state index contributed by atoms with van der Waals surface area (Å²) in [5.41, 5.74) is 6.76. The summed E-state index contributed by atoms with van der Waals surface area (Å²) in [5.74, 6) is -0.331. The molecule has 2 N–H and O–H groups in total. The average Bonchev–Trinajstić information content (AvgIpc) is 3.35. The minimum absolute atomic E-state index is 0.148. The second-order valence-corrected chi connectivity index (χ2v) is 8.83. The van der Waals surface area contributed by atoms with Gasteiger partial charge in [-0.25, -0.2) is 24.4 Å². The van der Waals surface area contributed by atoms with Crippen LogP contribution in [0.3, 0.4) is 0 Å². The molecule has 4 rings (SSSR count). The molecule has 1 saturated heterocycles. The van der Waals surface area contributed by atoms with Gasteiger partial charge in [0.2, 0.25) is 0 Å². The Morgan fingerprint density at radius 3 is 2.48 bits per heavy atom. The number of ether oxygens (including phenoxy) is 2. The predicted octanol–water partition coefficient (Wildman–Crippen LogP) is 2.13. The topological polar surface area (TPSA) is 135 Å². The quantitative estimate of drug-likeness (QED) is 0.595. The number of amides is 1. The number of methoxy groups -OCH3 is 1. The Bertz CT molecular complexity index is 1270. The number of carbonyl (C=O) groups excluding carboxylic acids is 2. The van der Waals surface area contributed by atoms with Gasteiger partial charge < -0.3 is 20.1 Å². The molecule has 0 bridgehead atoms. The van der Waals surface area contributed by atoms with Crippen molar-refractivity contribution >= 4 is 29.0 Å². The number of rotatable bonds is 3. The van der Waals surface area contributed by atoms with Gasteiger partial charge in [-0.3, -0.25) is 9.13 Å². The Kier molecular flexibility index (Phi) is 5.56. The van der Waals surface area contributed by atoms with Gasteiger partial charge in [0.1, 0.15) is 17.4 Å². The number of nitrogens with two attached hydrogens (primary N) is 1. The van der Waals surface area contributed by atoms with Crippen molar-refractivity contribution in [3.8, 4) is 5.69 Å². The summed E-state index contributed by atoms with van der Waals surface area (Å²) in [4.78, 5) is 47.8. The number of hydrogen-bond donors (Lipinski definition) is 1. The van der Waals surface area contributed by atoms with E-state index in [2.05, 4.69) is 9.97 Å². The van der Waals surface area contributed by atoms with Gasteiger partial charge in [0, 0.05) is 13.1 Å². The highest BCUT2D eigenvalue weighted by molar-refractivity contribution is 5.90. The van der Waals surface area contributed by atoms with E-state index >= 15 is 0 Å². The average molecular weight is 454 g/mol. The summed E-state index contributed by atoms with van der Waals surface area (Å²) in [6, 6.07) is 6.09. The van der Waals surface area contributed by atoms with E-state index in [0.717, 1.165) is 0 Å². The Morgan fingerprint density at radius 2 is 1.85 bits per heavy atom. The molecular formula is C22H26N6O5. The Hall–Kier alpha value is -3.89. The first kappa shape index (κ1) is 22.3. The van der Waals surface area contributed by atoms with Gasteiger partial charge in [-0.1, -0.05) is 0 Å². The maximum atomic E-state index is 13.6. The lowest BCUT2D eigenvalue weighted by Crippen LogP contribution is -2.36. The molecular weight excluding hydrogens is 428 g/mol. The minimum atomic E-state index is -0.611. The van der Waals surface area contributed by atoms with E-state index in [9.17, 15) is 14.4 Å². The second-order valence-electron chi connectivity index (χ2n) is 8.83. The van der Waals surface area contributed by atoms with E-state index in [1.54, 1.807) is 33.7 Å². The molecule has 1 aromatic carbocycles. The van der Waals surface area contributed by atoms with Crippen LogP contribution in [0.5, 0.6) is 0 Å². The largest absolute Gasteiger partial charge is 0.465 e. The lowest BCUT2D eigenvalue weighted by Gasteiger charge is -2.24. The molecule has 33 heavy (non-hydrogen) atoms. The van der Waals surface area contributed by atoms with E-state index in [0.29, 0.717) is 41.9 Å². The summed E-state index contributed by atoms with van der Waals surface area (Å²) in [7, 11) is 1.30. The minimum Gasteiger partial charge on any atom is -0.465 e. The van der Waals surface area contributed by atoms with Crippen molar-refractivity contribution in [2.24, 2.45) is 0 Å². The number of nitrogen functional groups attached to an aromatic ring is 1. The number of fused-ring (bicyclic) bond motifs is 1. The molecule has 174 valence electrons. The fourth-order valence-corrected chi connectivity index (χ4v) is 3.95. The van der Waals surface area contributed by atoms with Crippen LogP contribution in [0.15, 0.2) is 35.4 Å². The molecule has 3 heterocycles. The van der Waals surface area contributed by atoms with Gasteiger partial charge in [0.05, 0.1) is 24.4 Å². The van der Waals surface area contributed by atoms with Crippen molar-refractivity contribution in [3.63, 3.8) is 0 Å². The highest BCUT2D eigenvalue weighted by atomic mass is 16.6. The van der Waals surface area contributed by atoms with Crippen molar-refractivity contribution in [1.82, 2.24) is 24.0 Å². The number of nitrogens with zero attached hydrogens (tertiary/aromatic N) is 5. The van der Waals surface area contributed by atoms with Crippen LogP contribution in [0.4, 0.5) is 10.6 Å². The van der Waals surface area contributed by atoms with Crippen LogP contribution >= 0.6 is 0 Å².